The Labute approximate surface area is 166 Å². The first-order chi connectivity index (χ1) is 13.8. The molecule has 1 aliphatic rings. The lowest BCUT2D eigenvalue weighted by molar-refractivity contribution is 0.0537. The molecule has 0 spiro atoms. The second-order valence-electron chi connectivity index (χ2n) is 7.56. The second kappa shape index (κ2) is 8.72. The largest absolute Gasteiger partial charge is 0.381 e. The molecule has 4 rings (SSSR count). The van der Waals surface area contributed by atoms with Gasteiger partial charge >= 0.3 is 0 Å². The predicted octanol–water partition coefficient (Wildman–Crippen LogP) is 4.84. The third-order valence-electron chi connectivity index (χ3n) is 5.79. The van der Waals surface area contributed by atoms with E-state index in [-0.39, 0.29) is 11.8 Å². The van der Waals surface area contributed by atoms with E-state index in [1.165, 1.54) is 0 Å². The monoisotopic (exact) mass is 376 g/mol. The number of para-hydroxylation sites is 1. The molecule has 1 saturated heterocycles. The van der Waals surface area contributed by atoms with Crippen LogP contribution in [0.15, 0.2) is 60.8 Å². The highest BCUT2D eigenvalue weighted by atomic mass is 16.5. The van der Waals surface area contributed by atoms with Crippen LogP contribution < -0.4 is 0 Å². The summed E-state index contributed by atoms with van der Waals surface area (Å²) in [6.45, 7) is 5.49. The smallest absolute Gasteiger partial charge is 0.186 e. The van der Waals surface area contributed by atoms with Gasteiger partial charge in [0.05, 0.1) is 6.04 Å². The highest BCUT2D eigenvalue weighted by Gasteiger charge is 2.32. The Balaban J connectivity index is 1.61. The summed E-state index contributed by atoms with van der Waals surface area (Å²) < 4.78 is 5.62. The third-order valence-corrected chi connectivity index (χ3v) is 5.79. The molecule has 0 amide bonds. The van der Waals surface area contributed by atoms with Crippen LogP contribution in [0.5, 0.6) is 0 Å². The molecule has 0 radical (unpaired) electrons. The van der Waals surface area contributed by atoms with E-state index in [9.17, 15) is 4.79 Å². The minimum absolute atomic E-state index is 0.173. The van der Waals surface area contributed by atoms with Crippen molar-refractivity contribution in [2.24, 2.45) is 5.92 Å². The van der Waals surface area contributed by atoms with Crippen LogP contribution in [-0.4, -0.2) is 42.0 Å². The fourth-order valence-electron chi connectivity index (χ4n) is 4.25. The maximum Gasteiger partial charge on any atom is 0.186 e. The lowest BCUT2D eigenvalue weighted by Crippen LogP contribution is -2.41. The second-order valence-corrected chi connectivity index (χ2v) is 7.56. The summed E-state index contributed by atoms with van der Waals surface area (Å²) in [5, 5.41) is 1.000. The quantitative estimate of drug-likeness (QED) is 0.600. The summed E-state index contributed by atoms with van der Waals surface area (Å²) in [6, 6.07) is 18.0. The molecule has 4 nitrogen and oxygen atoms in total. The molecule has 28 heavy (non-hydrogen) atoms. The van der Waals surface area contributed by atoms with Gasteiger partial charge < -0.3 is 9.72 Å². The Kier molecular flexibility index (Phi) is 5.89. The summed E-state index contributed by atoms with van der Waals surface area (Å²) in [6.07, 6.45) is 4.01. The SMILES string of the molecule is CCOCC1CCN(C(C(=O)c2c[nH]c3ccccc23)c2ccccc2)CC1. The molecular formula is C24H28N2O2. The molecule has 0 saturated carbocycles. The highest BCUT2D eigenvalue weighted by Crippen LogP contribution is 2.32. The zero-order valence-corrected chi connectivity index (χ0v) is 16.4. The average molecular weight is 377 g/mol. The molecule has 0 aliphatic carbocycles. The van der Waals surface area contributed by atoms with Crippen LogP contribution in [0.3, 0.4) is 0 Å². The number of carbonyl (C=O) groups excluding carboxylic acids is 1. The Morgan fingerprint density at radius 3 is 2.57 bits per heavy atom. The average Bonchev–Trinajstić information content (AvgIpc) is 3.18. The van der Waals surface area contributed by atoms with Crippen molar-refractivity contribution in [2.75, 3.05) is 26.3 Å². The molecule has 1 unspecified atom stereocenters. The van der Waals surface area contributed by atoms with Crippen LogP contribution in [-0.2, 0) is 4.74 Å². The van der Waals surface area contributed by atoms with Gasteiger partial charge in [-0.1, -0.05) is 48.5 Å². The molecule has 146 valence electrons. The number of carbonyl (C=O) groups is 1. The van der Waals surface area contributed by atoms with Crippen molar-refractivity contribution in [3.63, 3.8) is 0 Å². The maximum absolute atomic E-state index is 13.7. The minimum atomic E-state index is -0.242. The van der Waals surface area contributed by atoms with Gasteiger partial charge in [0.15, 0.2) is 5.78 Å². The van der Waals surface area contributed by atoms with E-state index in [1.54, 1.807) is 0 Å². The number of hydrogen-bond acceptors (Lipinski definition) is 3. The van der Waals surface area contributed by atoms with Gasteiger partial charge in [0, 0.05) is 35.9 Å². The predicted molar refractivity (Wildman–Crippen MR) is 113 cm³/mol. The number of likely N-dealkylation sites (tertiary alicyclic amines) is 1. The van der Waals surface area contributed by atoms with E-state index in [0.717, 1.165) is 61.2 Å². The first kappa shape index (κ1) is 18.9. The number of Topliss-reactive ketones (excluding diaryl/α,β-unsaturated/α-hetero) is 1. The lowest BCUT2D eigenvalue weighted by Gasteiger charge is -2.37. The summed E-state index contributed by atoms with van der Waals surface area (Å²) in [5.41, 5.74) is 2.86. The van der Waals surface area contributed by atoms with E-state index in [1.807, 2.05) is 55.6 Å². The highest BCUT2D eigenvalue weighted by molar-refractivity contribution is 6.10. The maximum atomic E-state index is 13.7. The molecule has 1 aliphatic heterocycles. The number of piperidine rings is 1. The third kappa shape index (κ3) is 3.89. The first-order valence-electron chi connectivity index (χ1n) is 10.2. The summed E-state index contributed by atoms with van der Waals surface area (Å²) >= 11 is 0. The topological polar surface area (TPSA) is 45.3 Å². The van der Waals surface area contributed by atoms with Crippen molar-refractivity contribution in [3.05, 3.63) is 71.9 Å². The van der Waals surface area contributed by atoms with Gasteiger partial charge in [0.25, 0.3) is 0 Å². The van der Waals surface area contributed by atoms with Crippen molar-refractivity contribution in [3.8, 4) is 0 Å². The number of aromatic nitrogens is 1. The van der Waals surface area contributed by atoms with Gasteiger partial charge in [0.1, 0.15) is 0 Å². The number of benzene rings is 2. The Morgan fingerprint density at radius 1 is 1.11 bits per heavy atom. The fraction of sp³-hybridized carbons (Fsp3) is 0.375. The number of aromatic amines is 1. The molecule has 3 aromatic rings. The minimum Gasteiger partial charge on any atom is -0.381 e. The van der Waals surface area contributed by atoms with Gasteiger partial charge in [-0.25, -0.2) is 0 Å². The zero-order chi connectivity index (χ0) is 19.3. The van der Waals surface area contributed by atoms with Crippen molar-refractivity contribution in [1.29, 1.82) is 0 Å². The number of nitrogens with zero attached hydrogens (tertiary/aromatic N) is 1. The molecule has 1 atom stereocenters. The molecule has 2 heterocycles. The van der Waals surface area contributed by atoms with Gasteiger partial charge in [-0.05, 0) is 50.4 Å². The van der Waals surface area contributed by atoms with Crippen molar-refractivity contribution < 1.29 is 9.53 Å². The molecular weight excluding hydrogens is 348 g/mol. The Hall–Kier alpha value is -2.43. The van der Waals surface area contributed by atoms with Gasteiger partial charge in [-0.3, -0.25) is 9.69 Å². The Bertz CT molecular complexity index is 911. The van der Waals surface area contributed by atoms with Crippen LogP contribution in [0.1, 0.15) is 41.7 Å². The molecule has 1 fully saturated rings. The van der Waals surface area contributed by atoms with E-state index < -0.39 is 0 Å². The molecule has 2 aromatic carbocycles. The van der Waals surface area contributed by atoms with Gasteiger partial charge in [-0.2, -0.15) is 0 Å². The summed E-state index contributed by atoms with van der Waals surface area (Å²) in [7, 11) is 0. The molecule has 1 aromatic heterocycles. The van der Waals surface area contributed by atoms with Gasteiger partial charge in [-0.15, -0.1) is 0 Å². The van der Waals surface area contributed by atoms with Crippen LogP contribution in [0.25, 0.3) is 10.9 Å². The number of hydrogen-bond donors (Lipinski definition) is 1. The van der Waals surface area contributed by atoms with E-state index >= 15 is 0 Å². The number of ketones is 1. The number of fused-ring (bicyclic) bond motifs is 1. The van der Waals surface area contributed by atoms with Crippen molar-refractivity contribution in [2.45, 2.75) is 25.8 Å². The van der Waals surface area contributed by atoms with Crippen LogP contribution in [0, 0.1) is 5.92 Å². The van der Waals surface area contributed by atoms with E-state index in [2.05, 4.69) is 22.0 Å². The van der Waals surface area contributed by atoms with Crippen molar-refractivity contribution in [1.82, 2.24) is 9.88 Å². The standard InChI is InChI=1S/C24H28N2O2/c1-2-28-17-18-12-14-26(15-13-18)23(19-8-4-3-5-9-19)24(27)21-16-25-22-11-7-6-10-20(21)22/h3-11,16,18,23,25H,2,12-15,17H2,1H3. The number of H-pyrrole nitrogens is 1. The number of rotatable bonds is 7. The summed E-state index contributed by atoms with van der Waals surface area (Å²) in [4.78, 5) is 19.3. The summed E-state index contributed by atoms with van der Waals surface area (Å²) in [5.74, 6) is 0.766. The van der Waals surface area contributed by atoms with E-state index in [4.69, 9.17) is 4.74 Å². The van der Waals surface area contributed by atoms with Crippen LogP contribution in [0.4, 0.5) is 0 Å². The molecule has 1 N–H and O–H groups in total. The molecule has 4 heteroatoms. The normalized spacial score (nSPS) is 17.0. The first-order valence-corrected chi connectivity index (χ1v) is 10.2. The molecule has 0 bridgehead atoms. The number of ether oxygens (including phenoxy) is 1. The Morgan fingerprint density at radius 2 is 1.82 bits per heavy atom. The van der Waals surface area contributed by atoms with Crippen LogP contribution in [0.2, 0.25) is 0 Å². The number of nitrogens with one attached hydrogen (secondary N) is 1. The lowest BCUT2D eigenvalue weighted by atomic mass is 9.91. The van der Waals surface area contributed by atoms with E-state index in [0.29, 0.717) is 5.92 Å². The van der Waals surface area contributed by atoms with Gasteiger partial charge in [0.2, 0.25) is 0 Å². The fourth-order valence-corrected chi connectivity index (χ4v) is 4.25. The zero-order valence-electron chi connectivity index (χ0n) is 16.4. The van der Waals surface area contributed by atoms with Crippen molar-refractivity contribution >= 4 is 16.7 Å². The van der Waals surface area contributed by atoms with Crippen LogP contribution >= 0.6 is 0 Å².